The molecular formula is C17H17BrO4. The maximum absolute atomic E-state index is 12.5. The van der Waals surface area contributed by atoms with Gasteiger partial charge < -0.3 is 9.47 Å². The van der Waals surface area contributed by atoms with Crippen molar-refractivity contribution >= 4 is 27.9 Å². The lowest BCUT2D eigenvalue weighted by molar-refractivity contribution is -0.222. The lowest BCUT2D eigenvalue weighted by Gasteiger charge is -2.48. The molecule has 5 heteroatoms. The summed E-state index contributed by atoms with van der Waals surface area (Å²) in [4.78, 5) is 25.6. The number of alkyl halides is 1. The SMILES string of the molecule is CC1(C)OC(=O)C(=C2[C@@H]3[C@@H]4[C@@H](Br)[C@H]5[C@H]6C[C@@H]([C@H]25)[C@@H]3[C@H]64)C(=O)O1. The van der Waals surface area contributed by atoms with E-state index in [1.807, 2.05) is 0 Å². The Labute approximate surface area is 136 Å². The molecule has 0 N–H and O–H groups in total. The Morgan fingerprint density at radius 3 is 2.32 bits per heavy atom. The minimum absolute atomic E-state index is 0.247. The van der Waals surface area contributed by atoms with Crippen LogP contribution in [0.4, 0.5) is 0 Å². The van der Waals surface area contributed by atoms with Crippen LogP contribution in [0.25, 0.3) is 0 Å². The standard InChI is InChI=1S/C17H17BrO4/c1-17(2)21-15(19)13(16(20)22-17)11-8-4-3-5-7-6(4)10(11)12(7)14(18)9(5)8/h4-10,12,14H,3H2,1-2H3/t4-,5+,6-,7+,8+,9+,10-,12-,14+/m1/s1. The molecule has 1 heterocycles. The van der Waals surface area contributed by atoms with Gasteiger partial charge in [0.2, 0.25) is 0 Å². The van der Waals surface area contributed by atoms with Crippen molar-refractivity contribution in [2.75, 3.05) is 0 Å². The van der Waals surface area contributed by atoms with Crippen molar-refractivity contribution in [1.29, 1.82) is 0 Å². The summed E-state index contributed by atoms with van der Waals surface area (Å²) in [5, 5.41) is 0. The molecule has 2 bridgehead atoms. The van der Waals surface area contributed by atoms with Gasteiger partial charge in [0.15, 0.2) is 0 Å². The van der Waals surface area contributed by atoms with Crippen molar-refractivity contribution in [2.24, 2.45) is 47.3 Å². The Morgan fingerprint density at radius 2 is 1.64 bits per heavy atom. The first kappa shape index (κ1) is 12.6. The van der Waals surface area contributed by atoms with Crippen molar-refractivity contribution in [3.05, 3.63) is 11.1 Å². The lowest BCUT2D eigenvalue weighted by atomic mass is 9.58. The highest BCUT2D eigenvalue weighted by molar-refractivity contribution is 9.09. The highest BCUT2D eigenvalue weighted by Gasteiger charge is 2.82. The molecule has 0 radical (unpaired) electrons. The number of carbonyl (C=O) groups excluding carboxylic acids is 2. The first-order valence-corrected chi connectivity index (χ1v) is 9.17. The minimum atomic E-state index is -1.14. The second-order valence-electron chi connectivity index (χ2n) is 8.38. The molecule has 6 rings (SSSR count). The molecule has 1 aliphatic heterocycles. The van der Waals surface area contributed by atoms with Crippen molar-refractivity contribution in [1.82, 2.24) is 0 Å². The molecule has 1 saturated heterocycles. The zero-order valence-electron chi connectivity index (χ0n) is 12.4. The topological polar surface area (TPSA) is 52.6 Å². The molecule has 0 amide bonds. The Balaban J connectivity index is 1.53. The fourth-order valence-corrected chi connectivity index (χ4v) is 8.75. The summed E-state index contributed by atoms with van der Waals surface area (Å²) in [6, 6.07) is 0. The van der Waals surface area contributed by atoms with Gasteiger partial charge in [-0.1, -0.05) is 15.9 Å². The van der Waals surface area contributed by atoms with Gasteiger partial charge in [-0.25, -0.2) is 9.59 Å². The molecule has 0 aromatic carbocycles. The van der Waals surface area contributed by atoms with Gasteiger partial charge in [0.1, 0.15) is 5.57 Å². The van der Waals surface area contributed by atoms with E-state index >= 15 is 0 Å². The van der Waals surface area contributed by atoms with Gasteiger partial charge in [-0.05, 0) is 59.3 Å². The molecule has 116 valence electrons. The number of rotatable bonds is 0. The number of hydrogen-bond donors (Lipinski definition) is 0. The van der Waals surface area contributed by atoms with Gasteiger partial charge in [0.25, 0.3) is 5.79 Å². The van der Waals surface area contributed by atoms with Crippen LogP contribution in [0.15, 0.2) is 11.1 Å². The van der Waals surface area contributed by atoms with Gasteiger partial charge in [0, 0.05) is 18.7 Å². The molecule has 4 nitrogen and oxygen atoms in total. The van der Waals surface area contributed by atoms with E-state index in [2.05, 4.69) is 15.9 Å². The third-order valence-corrected chi connectivity index (χ3v) is 8.67. The number of hydrogen-bond acceptors (Lipinski definition) is 4. The van der Waals surface area contributed by atoms with E-state index in [1.165, 1.54) is 6.42 Å². The van der Waals surface area contributed by atoms with E-state index in [0.29, 0.717) is 34.4 Å². The number of allylic oxidation sites excluding steroid dienone is 1. The highest BCUT2D eigenvalue weighted by atomic mass is 79.9. The number of ether oxygens (including phenoxy) is 2. The molecule has 6 aliphatic rings. The van der Waals surface area contributed by atoms with E-state index < -0.39 is 17.7 Å². The molecular weight excluding hydrogens is 348 g/mol. The summed E-state index contributed by atoms with van der Waals surface area (Å²) in [5.41, 5.74) is 1.36. The smallest absolute Gasteiger partial charge is 0.348 e. The summed E-state index contributed by atoms with van der Waals surface area (Å²) in [6.07, 6.45) is 1.30. The average molecular weight is 365 g/mol. The maximum atomic E-state index is 12.5. The predicted molar refractivity (Wildman–Crippen MR) is 78.5 cm³/mol. The van der Waals surface area contributed by atoms with Crippen LogP contribution in [0.2, 0.25) is 0 Å². The fraction of sp³-hybridized carbons (Fsp3) is 0.765. The van der Waals surface area contributed by atoms with Crippen molar-refractivity contribution < 1.29 is 19.1 Å². The zero-order chi connectivity index (χ0) is 15.1. The number of cyclic esters (lactones) is 2. The van der Waals surface area contributed by atoms with Crippen molar-refractivity contribution in [3.8, 4) is 0 Å². The van der Waals surface area contributed by atoms with Crippen LogP contribution >= 0.6 is 15.9 Å². The van der Waals surface area contributed by atoms with Crippen LogP contribution in [-0.4, -0.2) is 22.6 Å². The van der Waals surface area contributed by atoms with Crippen molar-refractivity contribution in [2.45, 2.75) is 30.9 Å². The van der Waals surface area contributed by atoms with Crippen LogP contribution in [0.5, 0.6) is 0 Å². The van der Waals surface area contributed by atoms with E-state index in [1.54, 1.807) is 13.8 Å². The number of esters is 2. The Hall–Kier alpha value is -0.840. The predicted octanol–water partition coefficient (Wildman–Crippen LogP) is 2.27. The van der Waals surface area contributed by atoms with Crippen LogP contribution in [0.1, 0.15) is 20.3 Å². The van der Waals surface area contributed by atoms with Gasteiger partial charge >= 0.3 is 11.9 Å². The van der Waals surface area contributed by atoms with Crippen LogP contribution in [0, 0.1) is 47.3 Å². The normalized spacial score (nSPS) is 58.2. The second kappa shape index (κ2) is 3.33. The quantitative estimate of drug-likeness (QED) is 0.286. The second-order valence-corrected chi connectivity index (χ2v) is 9.44. The third kappa shape index (κ3) is 1.06. The van der Waals surface area contributed by atoms with Crippen LogP contribution in [-0.2, 0) is 19.1 Å². The molecule has 5 saturated carbocycles. The summed E-state index contributed by atoms with van der Waals surface area (Å²) < 4.78 is 10.7. The molecule has 5 aliphatic carbocycles. The Bertz CT molecular complexity index is 673. The van der Waals surface area contributed by atoms with Gasteiger partial charge in [-0.15, -0.1) is 0 Å². The largest absolute Gasteiger partial charge is 0.419 e. The monoisotopic (exact) mass is 364 g/mol. The maximum Gasteiger partial charge on any atom is 0.348 e. The third-order valence-electron chi connectivity index (χ3n) is 7.45. The van der Waals surface area contributed by atoms with Gasteiger partial charge in [0.05, 0.1) is 0 Å². The molecule has 0 aromatic rings. The summed E-state index contributed by atoms with van der Waals surface area (Å²) in [6.45, 7) is 3.22. The highest BCUT2D eigenvalue weighted by Crippen LogP contribution is 2.85. The Kier molecular flexibility index (Phi) is 1.90. The molecule has 0 unspecified atom stereocenters. The summed E-state index contributed by atoms with van der Waals surface area (Å²) in [7, 11) is 0. The minimum Gasteiger partial charge on any atom is -0.419 e. The Morgan fingerprint density at radius 1 is 0.955 bits per heavy atom. The zero-order valence-corrected chi connectivity index (χ0v) is 14.0. The molecule has 0 aromatic heterocycles. The first-order valence-electron chi connectivity index (χ1n) is 8.25. The average Bonchev–Trinajstić information content (AvgIpc) is 2.87. The number of fused-ring (bicyclic) bond motifs is 2. The number of halogens is 1. The van der Waals surface area contributed by atoms with E-state index in [0.717, 1.165) is 23.3 Å². The van der Waals surface area contributed by atoms with E-state index in [9.17, 15) is 9.59 Å². The van der Waals surface area contributed by atoms with Gasteiger partial charge in [-0.2, -0.15) is 0 Å². The van der Waals surface area contributed by atoms with Crippen molar-refractivity contribution in [3.63, 3.8) is 0 Å². The van der Waals surface area contributed by atoms with Crippen LogP contribution in [0.3, 0.4) is 0 Å². The molecule has 0 spiro atoms. The number of carbonyl (C=O) groups is 2. The first-order chi connectivity index (χ1) is 10.4. The fourth-order valence-electron chi connectivity index (χ4n) is 7.35. The van der Waals surface area contributed by atoms with Gasteiger partial charge in [-0.3, -0.25) is 0 Å². The molecule has 9 atom stereocenters. The molecule has 6 fully saturated rings. The van der Waals surface area contributed by atoms with E-state index in [4.69, 9.17) is 9.47 Å². The van der Waals surface area contributed by atoms with E-state index in [-0.39, 0.29) is 5.57 Å². The summed E-state index contributed by atoms with van der Waals surface area (Å²) >= 11 is 3.93. The summed E-state index contributed by atoms with van der Waals surface area (Å²) in [5.74, 6) is 3.08. The lowest BCUT2D eigenvalue weighted by Crippen LogP contribution is -2.48. The van der Waals surface area contributed by atoms with Crippen LogP contribution < -0.4 is 0 Å². The molecule has 22 heavy (non-hydrogen) atoms.